The largest absolute Gasteiger partial charge is 0.502 e. The molecule has 5 heteroatoms. The number of pyridine rings is 1. The van der Waals surface area contributed by atoms with E-state index in [2.05, 4.69) is 5.32 Å². The molecule has 0 fully saturated rings. The smallest absolute Gasteiger partial charge is 0.288 e. The van der Waals surface area contributed by atoms with E-state index in [9.17, 15) is 5.11 Å². The van der Waals surface area contributed by atoms with Crippen LogP contribution in [0.3, 0.4) is 0 Å². The lowest BCUT2D eigenvalue weighted by Crippen LogP contribution is -2.39. The molecule has 0 saturated heterocycles. The number of hydrogen-bond donors (Lipinski definition) is 2. The first-order valence-electron chi connectivity index (χ1n) is 8.92. The van der Waals surface area contributed by atoms with Crippen molar-refractivity contribution in [2.24, 2.45) is 0 Å². The maximum atomic E-state index is 11.1. The summed E-state index contributed by atoms with van der Waals surface area (Å²) in [5.74, 6) is 0.0185. The predicted molar refractivity (Wildman–Crippen MR) is 121 cm³/mol. The van der Waals surface area contributed by atoms with Crippen molar-refractivity contribution in [2.75, 3.05) is 5.32 Å². The predicted octanol–water partition coefficient (Wildman–Crippen LogP) is 5.88. The van der Waals surface area contributed by atoms with Gasteiger partial charge in [-0.25, -0.2) is 0 Å². The Labute approximate surface area is 175 Å². The van der Waals surface area contributed by atoms with Gasteiger partial charge >= 0.3 is 0 Å². The summed E-state index contributed by atoms with van der Waals surface area (Å²) in [6.07, 6.45) is 3.77. The topological polar surface area (TPSA) is 36.1 Å². The van der Waals surface area contributed by atoms with E-state index in [-0.39, 0.29) is 5.76 Å². The third-order valence-corrected chi connectivity index (χ3v) is 5.12. The summed E-state index contributed by atoms with van der Waals surface area (Å²) >= 11 is 12.1. The summed E-state index contributed by atoms with van der Waals surface area (Å²) in [4.78, 5) is 0.408. The van der Waals surface area contributed by atoms with Crippen molar-refractivity contribution in [2.45, 2.75) is 20.8 Å². The lowest BCUT2D eigenvalue weighted by Gasteiger charge is -2.14. The Kier molecular flexibility index (Phi) is 6.12. The van der Waals surface area contributed by atoms with Crippen molar-refractivity contribution in [1.29, 1.82) is 0 Å². The molecule has 0 unspecified atom stereocenters. The van der Waals surface area contributed by atoms with Crippen molar-refractivity contribution in [3.8, 4) is 0 Å². The average Bonchev–Trinajstić information content (AvgIpc) is 2.65. The number of thiocarbonyl (C=S) groups is 1. The highest BCUT2D eigenvalue weighted by molar-refractivity contribution is 7.81. The van der Waals surface area contributed by atoms with Crippen LogP contribution in [0.5, 0.6) is 0 Å². The highest BCUT2D eigenvalue weighted by Crippen LogP contribution is 2.27. The third-order valence-electron chi connectivity index (χ3n) is 4.49. The van der Waals surface area contributed by atoms with E-state index in [4.69, 9.17) is 23.8 Å². The molecule has 0 bridgehead atoms. The second kappa shape index (κ2) is 8.55. The minimum atomic E-state index is 0.0185. The minimum absolute atomic E-state index is 0.0185. The molecule has 0 aliphatic rings. The molecule has 0 amide bonds. The standard InChI is InChI=1S/C23H21ClN2OS/c1-15-8-7-13-26(14-15)21(22(27)18-11-4-5-12-19(18)24)23(28)25-20-16(2)9-6-10-17(20)3/h4-14H,1-3H3,(H-,25,27,28)/p+1. The number of anilines is 1. The second-order valence-corrected chi connectivity index (χ2v) is 7.50. The molecule has 0 saturated carbocycles. The molecule has 3 nitrogen and oxygen atoms in total. The first-order valence-corrected chi connectivity index (χ1v) is 9.71. The van der Waals surface area contributed by atoms with Gasteiger partial charge in [-0.05, 0) is 50.1 Å². The zero-order valence-electron chi connectivity index (χ0n) is 16.0. The summed E-state index contributed by atoms with van der Waals surface area (Å²) in [6.45, 7) is 6.03. The Hall–Kier alpha value is -2.69. The minimum Gasteiger partial charge on any atom is -0.502 e. The number of nitrogens with zero attached hydrogens (tertiary/aromatic N) is 1. The highest BCUT2D eigenvalue weighted by Gasteiger charge is 2.25. The van der Waals surface area contributed by atoms with Crippen molar-refractivity contribution in [1.82, 2.24) is 0 Å². The molecule has 142 valence electrons. The van der Waals surface area contributed by atoms with Crippen LogP contribution < -0.4 is 9.88 Å². The molecule has 0 aliphatic heterocycles. The average molecular weight is 410 g/mol. The van der Waals surface area contributed by atoms with Gasteiger partial charge in [-0.15, -0.1) is 0 Å². The van der Waals surface area contributed by atoms with Crippen LogP contribution in [0.15, 0.2) is 67.0 Å². The van der Waals surface area contributed by atoms with Gasteiger partial charge in [0.1, 0.15) is 0 Å². The van der Waals surface area contributed by atoms with Crippen LogP contribution in [-0.4, -0.2) is 10.1 Å². The molecular formula is C23H22ClN2OS+. The SMILES string of the molecule is Cc1ccc[n+](C(C(=S)Nc2c(C)cccc2C)=C(O)c2ccccc2Cl)c1. The molecule has 3 rings (SSSR count). The first-order chi connectivity index (χ1) is 13.4. The number of aryl methyl sites for hydroxylation is 3. The molecule has 0 atom stereocenters. The van der Waals surface area contributed by atoms with Gasteiger partial charge in [0.05, 0.1) is 5.02 Å². The molecule has 2 N–H and O–H groups in total. The monoisotopic (exact) mass is 409 g/mol. The molecule has 28 heavy (non-hydrogen) atoms. The van der Waals surface area contributed by atoms with Gasteiger partial charge in [0, 0.05) is 22.9 Å². The van der Waals surface area contributed by atoms with Crippen molar-refractivity contribution >= 4 is 46.0 Å². The van der Waals surface area contributed by atoms with Crippen LogP contribution in [-0.2, 0) is 0 Å². The Bertz CT molecular complexity index is 1060. The molecular weight excluding hydrogens is 388 g/mol. The van der Waals surface area contributed by atoms with E-state index < -0.39 is 0 Å². The van der Waals surface area contributed by atoms with Gasteiger partial charge in [-0.3, -0.25) is 0 Å². The lowest BCUT2D eigenvalue weighted by atomic mass is 10.1. The summed E-state index contributed by atoms with van der Waals surface area (Å²) in [5.41, 5.74) is 5.13. The molecule has 2 aromatic carbocycles. The Morgan fingerprint density at radius 1 is 0.964 bits per heavy atom. The van der Waals surface area contributed by atoms with Crippen LogP contribution >= 0.6 is 23.8 Å². The van der Waals surface area contributed by atoms with Crippen molar-refractivity contribution < 1.29 is 9.67 Å². The Morgan fingerprint density at radius 3 is 2.29 bits per heavy atom. The molecule has 1 heterocycles. The van der Waals surface area contributed by atoms with Crippen molar-refractivity contribution in [3.63, 3.8) is 0 Å². The normalized spacial score (nSPS) is 11.7. The number of rotatable bonds is 4. The van der Waals surface area contributed by atoms with Gasteiger partial charge < -0.3 is 10.4 Å². The van der Waals surface area contributed by atoms with Crippen LogP contribution in [0.4, 0.5) is 5.69 Å². The van der Waals surface area contributed by atoms with E-state index in [1.54, 1.807) is 12.1 Å². The molecule has 0 radical (unpaired) electrons. The summed E-state index contributed by atoms with van der Waals surface area (Å²) < 4.78 is 1.82. The first kappa shape index (κ1) is 20.1. The number of aromatic nitrogens is 1. The number of para-hydroxylation sites is 1. The fourth-order valence-corrected chi connectivity index (χ4v) is 3.57. The fraction of sp³-hybridized carbons (Fsp3) is 0.130. The quantitative estimate of drug-likeness (QED) is 0.244. The summed E-state index contributed by atoms with van der Waals surface area (Å²) in [7, 11) is 0. The van der Waals surface area contributed by atoms with Gasteiger partial charge in [-0.2, -0.15) is 4.57 Å². The molecule has 0 aliphatic carbocycles. The number of halogens is 1. The second-order valence-electron chi connectivity index (χ2n) is 6.69. The number of benzene rings is 2. The Morgan fingerprint density at radius 2 is 1.64 bits per heavy atom. The van der Waals surface area contributed by atoms with Gasteiger partial charge in [0.2, 0.25) is 5.76 Å². The fourth-order valence-electron chi connectivity index (χ4n) is 3.04. The highest BCUT2D eigenvalue weighted by atomic mass is 35.5. The molecule has 3 aromatic rings. The van der Waals surface area contributed by atoms with Gasteiger partial charge in [0.25, 0.3) is 5.70 Å². The maximum absolute atomic E-state index is 11.1. The van der Waals surface area contributed by atoms with Crippen LogP contribution in [0.25, 0.3) is 11.5 Å². The number of aliphatic hydroxyl groups is 1. The van der Waals surface area contributed by atoms with E-state index in [0.29, 0.717) is 21.3 Å². The van der Waals surface area contributed by atoms with E-state index in [1.807, 2.05) is 80.2 Å². The third kappa shape index (κ3) is 4.24. The number of hydrogen-bond acceptors (Lipinski definition) is 2. The lowest BCUT2D eigenvalue weighted by molar-refractivity contribution is -0.576. The summed E-state index contributed by atoms with van der Waals surface area (Å²) in [5, 5.41) is 14.9. The zero-order valence-corrected chi connectivity index (χ0v) is 17.6. The van der Waals surface area contributed by atoms with Crippen LogP contribution in [0, 0.1) is 20.8 Å². The Balaban J connectivity index is 2.15. The van der Waals surface area contributed by atoms with E-state index in [1.165, 1.54) is 0 Å². The zero-order chi connectivity index (χ0) is 20.3. The van der Waals surface area contributed by atoms with Crippen LogP contribution in [0.2, 0.25) is 5.02 Å². The van der Waals surface area contributed by atoms with Crippen LogP contribution in [0.1, 0.15) is 22.3 Å². The number of aliphatic hydroxyl groups excluding tert-OH is 1. The van der Waals surface area contributed by atoms with Gasteiger partial charge in [-0.1, -0.05) is 54.2 Å². The maximum Gasteiger partial charge on any atom is 0.288 e. The number of nitrogens with one attached hydrogen (secondary N) is 1. The van der Waals surface area contributed by atoms with E-state index >= 15 is 0 Å². The summed E-state index contributed by atoms with van der Waals surface area (Å²) in [6, 6.07) is 17.1. The van der Waals surface area contributed by atoms with Crippen molar-refractivity contribution in [3.05, 3.63) is 94.3 Å². The molecule has 0 spiro atoms. The van der Waals surface area contributed by atoms with E-state index in [0.717, 1.165) is 22.4 Å². The van der Waals surface area contributed by atoms with Gasteiger partial charge in [0.15, 0.2) is 17.4 Å². The molecule has 1 aromatic heterocycles.